The summed E-state index contributed by atoms with van der Waals surface area (Å²) in [5, 5.41) is 7.91. The van der Waals surface area contributed by atoms with E-state index in [0.29, 0.717) is 30.2 Å². The monoisotopic (exact) mass is 322 g/mol. The molecule has 24 heavy (non-hydrogen) atoms. The lowest BCUT2D eigenvalue weighted by Crippen LogP contribution is -2.26. The largest absolute Gasteiger partial charge is 0.328 e. The van der Waals surface area contributed by atoms with Crippen LogP contribution in [0.4, 0.5) is 0 Å². The van der Waals surface area contributed by atoms with Crippen molar-refractivity contribution in [3.05, 3.63) is 53.5 Å². The minimum absolute atomic E-state index is 0.0583. The van der Waals surface area contributed by atoms with E-state index in [4.69, 9.17) is 0 Å². The average Bonchev–Trinajstić information content (AvgIpc) is 3.19. The molecule has 0 spiro atoms. The summed E-state index contributed by atoms with van der Waals surface area (Å²) in [6.45, 7) is 5.33. The Morgan fingerprint density at radius 2 is 2.21 bits per heavy atom. The minimum Gasteiger partial charge on any atom is -0.328 e. The first-order valence-corrected chi connectivity index (χ1v) is 8.03. The molecular formula is C17H18N6O. The normalized spacial score (nSPS) is 13.7. The predicted octanol–water partition coefficient (Wildman–Crippen LogP) is 1.87. The van der Waals surface area contributed by atoms with Gasteiger partial charge in [-0.3, -0.25) is 9.20 Å². The van der Waals surface area contributed by atoms with Crippen molar-refractivity contribution in [3.8, 4) is 0 Å². The number of carbonyl (C=O) groups is 1. The molecular weight excluding hydrogens is 304 g/mol. The number of hydrogen-bond donors (Lipinski definition) is 0. The van der Waals surface area contributed by atoms with Crippen LogP contribution in [0.25, 0.3) is 5.65 Å². The van der Waals surface area contributed by atoms with Gasteiger partial charge in [0.1, 0.15) is 12.2 Å². The van der Waals surface area contributed by atoms with Gasteiger partial charge < -0.3 is 4.90 Å². The molecule has 7 heteroatoms. The second-order valence-electron chi connectivity index (χ2n) is 6.50. The summed E-state index contributed by atoms with van der Waals surface area (Å²) in [6.07, 6.45) is 6.12. The third-order valence-corrected chi connectivity index (χ3v) is 4.14. The molecule has 0 aliphatic carbocycles. The molecule has 0 atom stereocenters. The molecule has 1 amide bonds. The van der Waals surface area contributed by atoms with Crippen LogP contribution in [0.1, 0.15) is 41.3 Å². The van der Waals surface area contributed by atoms with Gasteiger partial charge in [0.15, 0.2) is 5.65 Å². The van der Waals surface area contributed by atoms with E-state index < -0.39 is 0 Å². The number of fused-ring (bicyclic) bond motifs is 2. The fourth-order valence-corrected chi connectivity index (χ4v) is 2.99. The van der Waals surface area contributed by atoms with Crippen LogP contribution in [0.5, 0.6) is 0 Å². The van der Waals surface area contributed by atoms with E-state index in [1.807, 2.05) is 18.5 Å². The van der Waals surface area contributed by atoms with Crippen molar-refractivity contribution in [2.45, 2.75) is 33.4 Å². The highest BCUT2D eigenvalue weighted by Gasteiger charge is 2.27. The molecule has 4 rings (SSSR count). The highest BCUT2D eigenvalue weighted by atomic mass is 16.2. The van der Waals surface area contributed by atoms with Gasteiger partial charge in [0.2, 0.25) is 0 Å². The highest BCUT2D eigenvalue weighted by Crippen LogP contribution is 2.23. The van der Waals surface area contributed by atoms with Gasteiger partial charge >= 0.3 is 0 Å². The summed E-state index contributed by atoms with van der Waals surface area (Å²) in [7, 11) is 0. The third kappa shape index (κ3) is 2.51. The van der Waals surface area contributed by atoms with Crippen LogP contribution < -0.4 is 0 Å². The van der Waals surface area contributed by atoms with Crippen LogP contribution in [0.2, 0.25) is 0 Å². The van der Waals surface area contributed by atoms with E-state index in [1.54, 1.807) is 21.7 Å². The van der Waals surface area contributed by atoms with E-state index in [9.17, 15) is 4.79 Å². The molecule has 4 heterocycles. The average molecular weight is 322 g/mol. The zero-order chi connectivity index (χ0) is 16.7. The number of aromatic nitrogens is 5. The van der Waals surface area contributed by atoms with E-state index in [0.717, 1.165) is 23.5 Å². The molecule has 7 nitrogen and oxygen atoms in total. The lowest BCUT2D eigenvalue weighted by Gasteiger charge is -2.15. The Morgan fingerprint density at radius 1 is 1.33 bits per heavy atom. The number of pyridine rings is 1. The summed E-state index contributed by atoms with van der Waals surface area (Å²) < 4.78 is 1.75. The molecule has 0 bridgehead atoms. The second-order valence-corrected chi connectivity index (χ2v) is 6.50. The molecule has 0 N–H and O–H groups in total. The number of nitrogens with zero attached hydrogens (tertiary/aromatic N) is 6. The lowest BCUT2D eigenvalue weighted by atomic mass is 10.1. The van der Waals surface area contributed by atoms with E-state index in [-0.39, 0.29) is 5.91 Å². The maximum atomic E-state index is 12.9. The van der Waals surface area contributed by atoms with E-state index in [2.05, 4.69) is 34.0 Å². The Hall–Kier alpha value is -2.83. The second kappa shape index (κ2) is 5.67. The number of amides is 1. The molecule has 1 aliphatic heterocycles. The summed E-state index contributed by atoms with van der Waals surface area (Å²) in [5.74, 6) is 1.29. The molecule has 0 fully saturated rings. The smallest absolute Gasteiger partial charge is 0.258 e. The van der Waals surface area contributed by atoms with Crippen molar-refractivity contribution < 1.29 is 4.79 Å². The van der Waals surface area contributed by atoms with Crippen LogP contribution in [0.15, 0.2) is 30.9 Å². The summed E-state index contributed by atoms with van der Waals surface area (Å²) >= 11 is 0. The summed E-state index contributed by atoms with van der Waals surface area (Å²) in [6, 6.07) is 3.61. The minimum atomic E-state index is -0.0583. The third-order valence-electron chi connectivity index (χ3n) is 4.14. The molecule has 3 aromatic rings. The Morgan fingerprint density at radius 3 is 3.04 bits per heavy atom. The van der Waals surface area contributed by atoms with Crippen molar-refractivity contribution in [3.63, 3.8) is 0 Å². The quantitative estimate of drug-likeness (QED) is 0.736. The molecule has 122 valence electrons. The number of carbonyl (C=O) groups excluding carboxylic acids is 1. The Kier molecular flexibility index (Phi) is 3.48. The maximum Gasteiger partial charge on any atom is 0.258 e. The number of rotatable bonds is 3. The zero-order valence-electron chi connectivity index (χ0n) is 13.7. The van der Waals surface area contributed by atoms with Gasteiger partial charge in [-0.1, -0.05) is 13.8 Å². The van der Waals surface area contributed by atoms with Crippen molar-refractivity contribution in [1.82, 2.24) is 29.5 Å². The van der Waals surface area contributed by atoms with Crippen LogP contribution in [-0.4, -0.2) is 35.4 Å². The van der Waals surface area contributed by atoms with Crippen LogP contribution in [-0.2, 0) is 19.5 Å². The number of hydrogen-bond acceptors (Lipinski definition) is 5. The first-order chi connectivity index (χ1) is 11.6. The molecule has 0 saturated carbocycles. The first kappa shape index (κ1) is 14.7. The molecule has 1 aliphatic rings. The molecule has 0 saturated heterocycles. The lowest BCUT2D eigenvalue weighted by molar-refractivity contribution is 0.0751. The SMILES string of the molecule is CC(C)Cc1ncc2c(n1)CN(C(=O)c1cccn3cnnc13)C2. The van der Waals surface area contributed by atoms with Crippen LogP contribution in [0, 0.1) is 5.92 Å². The van der Waals surface area contributed by atoms with Gasteiger partial charge in [0.25, 0.3) is 5.91 Å². The van der Waals surface area contributed by atoms with Gasteiger partial charge in [0.05, 0.1) is 17.8 Å². The van der Waals surface area contributed by atoms with E-state index >= 15 is 0 Å². The van der Waals surface area contributed by atoms with Gasteiger partial charge in [-0.25, -0.2) is 9.97 Å². The standard InChI is InChI=1S/C17H18N6O/c1-11(2)6-15-18-7-12-8-23(9-14(12)20-15)17(24)13-4-3-5-22-10-19-21-16(13)22/h3-5,7,10-11H,6,8-9H2,1-2H3. The Balaban J connectivity index is 1.60. The summed E-state index contributed by atoms with van der Waals surface area (Å²) in [5.41, 5.74) is 3.09. The van der Waals surface area contributed by atoms with Crippen molar-refractivity contribution >= 4 is 11.6 Å². The Labute approximate surface area is 139 Å². The van der Waals surface area contributed by atoms with Crippen LogP contribution in [0.3, 0.4) is 0 Å². The molecule has 0 unspecified atom stereocenters. The molecule has 0 aromatic carbocycles. The molecule has 3 aromatic heterocycles. The topological polar surface area (TPSA) is 76.3 Å². The Bertz CT molecular complexity index is 916. The maximum absolute atomic E-state index is 12.9. The van der Waals surface area contributed by atoms with Gasteiger partial charge in [-0.15, -0.1) is 10.2 Å². The van der Waals surface area contributed by atoms with E-state index in [1.165, 1.54) is 0 Å². The predicted molar refractivity (Wildman–Crippen MR) is 87.1 cm³/mol. The fourth-order valence-electron chi connectivity index (χ4n) is 2.99. The van der Waals surface area contributed by atoms with Crippen molar-refractivity contribution in [1.29, 1.82) is 0 Å². The fraction of sp³-hybridized carbons (Fsp3) is 0.353. The first-order valence-electron chi connectivity index (χ1n) is 8.03. The van der Waals surface area contributed by atoms with Crippen molar-refractivity contribution in [2.24, 2.45) is 5.92 Å². The van der Waals surface area contributed by atoms with Crippen molar-refractivity contribution in [2.75, 3.05) is 0 Å². The summed E-state index contributed by atoms with van der Waals surface area (Å²) in [4.78, 5) is 23.7. The van der Waals surface area contributed by atoms with Gasteiger partial charge in [-0.05, 0) is 18.1 Å². The zero-order valence-corrected chi connectivity index (χ0v) is 13.7. The van der Waals surface area contributed by atoms with Crippen LogP contribution >= 0.6 is 0 Å². The molecule has 0 radical (unpaired) electrons. The van der Waals surface area contributed by atoms with Gasteiger partial charge in [0, 0.05) is 30.9 Å². The highest BCUT2D eigenvalue weighted by molar-refractivity contribution is 5.99. The van der Waals surface area contributed by atoms with Gasteiger partial charge in [-0.2, -0.15) is 0 Å².